The van der Waals surface area contributed by atoms with Crippen LogP contribution in [0, 0.1) is 0 Å². The van der Waals surface area contributed by atoms with Gasteiger partial charge in [-0.05, 0) is 29.8 Å². The van der Waals surface area contributed by atoms with E-state index in [9.17, 15) is 4.79 Å². The molecule has 5 nitrogen and oxygen atoms in total. The first-order valence-corrected chi connectivity index (χ1v) is 8.21. The Hall–Kier alpha value is -2.79. The highest BCUT2D eigenvalue weighted by Gasteiger charge is 2.21. The molecule has 0 aliphatic carbocycles. The molecular weight excluding hydrogens is 338 g/mol. The largest absolute Gasteiger partial charge is 0.484 e. The third-order valence-corrected chi connectivity index (χ3v) is 3.99. The van der Waals surface area contributed by atoms with Crippen LogP contribution in [0.25, 0.3) is 0 Å². The lowest BCUT2D eigenvalue weighted by atomic mass is 10.1. The molecule has 1 heterocycles. The van der Waals surface area contributed by atoms with E-state index >= 15 is 0 Å². The summed E-state index contributed by atoms with van der Waals surface area (Å²) in [6.07, 6.45) is 3.54. The lowest BCUT2D eigenvalue weighted by Gasteiger charge is -2.19. The minimum Gasteiger partial charge on any atom is -0.484 e. The van der Waals surface area contributed by atoms with Gasteiger partial charge in [-0.25, -0.2) is 4.98 Å². The molecule has 0 spiro atoms. The van der Waals surface area contributed by atoms with Crippen LogP contribution in [0.2, 0.25) is 5.02 Å². The Morgan fingerprint density at radius 2 is 1.92 bits per heavy atom. The number of ether oxygens (including phenoxy) is 1. The Morgan fingerprint density at radius 3 is 2.56 bits per heavy atom. The summed E-state index contributed by atoms with van der Waals surface area (Å²) in [5.41, 5.74) is 0.895. The molecule has 6 heteroatoms. The lowest BCUT2D eigenvalue weighted by molar-refractivity contribution is -0.123. The maximum Gasteiger partial charge on any atom is 0.258 e. The molecule has 1 aromatic heterocycles. The molecule has 0 fully saturated rings. The van der Waals surface area contributed by atoms with Crippen LogP contribution in [0.4, 0.5) is 0 Å². The van der Waals surface area contributed by atoms with Crippen LogP contribution < -0.4 is 10.1 Å². The van der Waals surface area contributed by atoms with Crippen LogP contribution in [0.3, 0.4) is 0 Å². The van der Waals surface area contributed by atoms with E-state index in [0.717, 1.165) is 11.4 Å². The summed E-state index contributed by atoms with van der Waals surface area (Å²) in [5.74, 6) is 1.15. The van der Waals surface area contributed by atoms with Crippen molar-refractivity contribution in [1.82, 2.24) is 14.9 Å². The van der Waals surface area contributed by atoms with E-state index in [1.54, 1.807) is 18.3 Å². The number of para-hydroxylation sites is 1. The number of halogens is 1. The molecule has 0 radical (unpaired) electrons. The Kier molecular flexibility index (Phi) is 5.36. The maximum absolute atomic E-state index is 12.4. The number of aryl methyl sites for hydroxylation is 1. The molecule has 128 valence electrons. The Bertz CT molecular complexity index is 831. The number of rotatable bonds is 6. The Morgan fingerprint density at radius 1 is 1.20 bits per heavy atom. The normalized spacial score (nSPS) is 11.8. The van der Waals surface area contributed by atoms with E-state index < -0.39 is 0 Å². The summed E-state index contributed by atoms with van der Waals surface area (Å²) in [7, 11) is 1.89. The SMILES string of the molecule is Cn1ccnc1C(NC(=O)COc1ccccc1)c1ccc(Cl)cc1. The first-order chi connectivity index (χ1) is 12.1. The molecule has 3 rings (SSSR count). The average molecular weight is 356 g/mol. The van der Waals surface area contributed by atoms with Gasteiger partial charge < -0.3 is 14.6 Å². The molecule has 0 saturated carbocycles. The van der Waals surface area contributed by atoms with Crippen LogP contribution in [-0.4, -0.2) is 22.1 Å². The maximum atomic E-state index is 12.4. The molecular formula is C19H18ClN3O2. The van der Waals surface area contributed by atoms with Crippen molar-refractivity contribution in [3.8, 4) is 5.75 Å². The second-order valence-electron chi connectivity index (χ2n) is 5.55. The van der Waals surface area contributed by atoms with Crippen molar-refractivity contribution in [3.63, 3.8) is 0 Å². The van der Waals surface area contributed by atoms with Crippen LogP contribution in [0.15, 0.2) is 67.0 Å². The zero-order valence-corrected chi connectivity index (χ0v) is 14.5. The number of aromatic nitrogens is 2. The number of amides is 1. The monoisotopic (exact) mass is 355 g/mol. The molecule has 1 unspecified atom stereocenters. The first kappa shape index (κ1) is 17.0. The number of hydrogen-bond donors (Lipinski definition) is 1. The summed E-state index contributed by atoms with van der Waals surface area (Å²) in [4.78, 5) is 16.7. The Balaban J connectivity index is 1.74. The number of carbonyl (C=O) groups excluding carboxylic acids is 1. The molecule has 0 saturated heterocycles. The number of hydrogen-bond acceptors (Lipinski definition) is 3. The highest BCUT2D eigenvalue weighted by molar-refractivity contribution is 6.30. The van der Waals surface area contributed by atoms with Crippen LogP contribution in [0.5, 0.6) is 5.75 Å². The van der Waals surface area contributed by atoms with Gasteiger partial charge in [0.15, 0.2) is 6.61 Å². The van der Waals surface area contributed by atoms with Gasteiger partial charge in [0.1, 0.15) is 17.6 Å². The van der Waals surface area contributed by atoms with Gasteiger partial charge in [0, 0.05) is 24.5 Å². The number of carbonyl (C=O) groups is 1. The van der Waals surface area contributed by atoms with Crippen molar-refractivity contribution in [1.29, 1.82) is 0 Å². The van der Waals surface area contributed by atoms with E-state index in [-0.39, 0.29) is 18.6 Å². The third-order valence-electron chi connectivity index (χ3n) is 3.74. The van der Waals surface area contributed by atoms with Crippen molar-refractivity contribution in [2.75, 3.05) is 6.61 Å². The number of nitrogens with zero attached hydrogens (tertiary/aromatic N) is 2. The molecule has 25 heavy (non-hydrogen) atoms. The zero-order chi connectivity index (χ0) is 17.6. The summed E-state index contributed by atoms with van der Waals surface area (Å²) in [6, 6.07) is 16.2. The van der Waals surface area contributed by atoms with Gasteiger partial charge in [0.2, 0.25) is 0 Å². The van der Waals surface area contributed by atoms with Gasteiger partial charge >= 0.3 is 0 Å². The van der Waals surface area contributed by atoms with Gasteiger partial charge in [-0.2, -0.15) is 0 Å². The topological polar surface area (TPSA) is 56.2 Å². The highest BCUT2D eigenvalue weighted by Crippen LogP contribution is 2.22. The smallest absolute Gasteiger partial charge is 0.258 e. The molecule has 2 aromatic carbocycles. The fourth-order valence-electron chi connectivity index (χ4n) is 2.48. The predicted molar refractivity (Wildman–Crippen MR) is 96.6 cm³/mol. The van der Waals surface area contributed by atoms with Crippen LogP contribution in [0.1, 0.15) is 17.4 Å². The van der Waals surface area contributed by atoms with Crippen molar-refractivity contribution in [2.45, 2.75) is 6.04 Å². The zero-order valence-electron chi connectivity index (χ0n) is 13.7. The van der Waals surface area contributed by atoms with Crippen molar-refractivity contribution in [2.24, 2.45) is 7.05 Å². The van der Waals surface area contributed by atoms with Gasteiger partial charge in [-0.15, -0.1) is 0 Å². The molecule has 0 aliphatic rings. The summed E-state index contributed by atoms with van der Waals surface area (Å²) in [5, 5.41) is 3.62. The molecule has 1 N–H and O–H groups in total. The standard InChI is InChI=1S/C19H18ClN3O2/c1-23-12-11-21-19(23)18(14-7-9-15(20)10-8-14)22-17(24)13-25-16-5-3-2-4-6-16/h2-12,18H,13H2,1H3,(H,22,24). The van der Waals surface area contributed by atoms with E-state index in [1.807, 2.05) is 60.3 Å². The van der Waals surface area contributed by atoms with E-state index in [0.29, 0.717) is 10.8 Å². The van der Waals surface area contributed by atoms with Gasteiger partial charge in [0.05, 0.1) is 0 Å². The average Bonchev–Trinajstić information content (AvgIpc) is 3.05. The summed E-state index contributed by atoms with van der Waals surface area (Å²) < 4.78 is 7.38. The third kappa shape index (κ3) is 4.39. The summed E-state index contributed by atoms with van der Waals surface area (Å²) in [6.45, 7) is -0.0709. The number of imidazole rings is 1. The second-order valence-corrected chi connectivity index (χ2v) is 5.99. The number of benzene rings is 2. The minimum atomic E-state index is -0.385. The van der Waals surface area contributed by atoms with Crippen LogP contribution >= 0.6 is 11.6 Å². The van der Waals surface area contributed by atoms with E-state index in [4.69, 9.17) is 16.3 Å². The van der Waals surface area contributed by atoms with Gasteiger partial charge in [-0.3, -0.25) is 4.79 Å². The molecule has 1 atom stereocenters. The van der Waals surface area contributed by atoms with Crippen molar-refractivity contribution < 1.29 is 9.53 Å². The van der Waals surface area contributed by atoms with E-state index in [1.165, 1.54) is 0 Å². The van der Waals surface area contributed by atoms with Crippen LogP contribution in [-0.2, 0) is 11.8 Å². The molecule has 0 aliphatic heterocycles. The second kappa shape index (κ2) is 7.85. The summed E-state index contributed by atoms with van der Waals surface area (Å²) >= 11 is 5.97. The Labute approximate surface area is 151 Å². The minimum absolute atomic E-state index is 0.0709. The van der Waals surface area contributed by atoms with E-state index in [2.05, 4.69) is 10.3 Å². The van der Waals surface area contributed by atoms with Crippen molar-refractivity contribution in [3.05, 3.63) is 83.4 Å². The van der Waals surface area contributed by atoms with Crippen molar-refractivity contribution >= 4 is 17.5 Å². The number of nitrogens with one attached hydrogen (secondary N) is 1. The molecule has 1 amide bonds. The fraction of sp³-hybridized carbons (Fsp3) is 0.158. The first-order valence-electron chi connectivity index (χ1n) is 7.83. The van der Waals surface area contributed by atoms with Gasteiger partial charge in [0.25, 0.3) is 5.91 Å². The quantitative estimate of drug-likeness (QED) is 0.737. The molecule has 3 aromatic rings. The lowest BCUT2D eigenvalue weighted by Crippen LogP contribution is -2.34. The van der Waals surface area contributed by atoms with Gasteiger partial charge in [-0.1, -0.05) is 41.9 Å². The highest BCUT2D eigenvalue weighted by atomic mass is 35.5. The fourth-order valence-corrected chi connectivity index (χ4v) is 2.60. The predicted octanol–water partition coefficient (Wildman–Crippen LogP) is 3.36. The molecule has 0 bridgehead atoms.